The van der Waals surface area contributed by atoms with Crippen LogP contribution in [-0.2, 0) is 0 Å². The Morgan fingerprint density at radius 3 is 1.84 bits per heavy atom. The van der Waals surface area contributed by atoms with Gasteiger partial charge >= 0.3 is 0 Å². The van der Waals surface area contributed by atoms with E-state index in [2.05, 4.69) is 196 Å². The molecule has 2 aliphatic rings. The van der Waals surface area contributed by atoms with E-state index in [9.17, 15) is 0 Å². The van der Waals surface area contributed by atoms with Crippen molar-refractivity contribution in [2.45, 2.75) is 24.9 Å². The van der Waals surface area contributed by atoms with Gasteiger partial charge in [0.2, 0.25) is 0 Å². The van der Waals surface area contributed by atoms with Gasteiger partial charge in [0.15, 0.2) is 0 Å². The molecule has 3 unspecified atom stereocenters. The highest BCUT2D eigenvalue weighted by molar-refractivity contribution is 7.26. The molecule has 4 heterocycles. The predicted molar refractivity (Wildman–Crippen MR) is 242 cm³/mol. The third kappa shape index (κ3) is 5.44. The lowest BCUT2D eigenvalue weighted by molar-refractivity contribution is 0.176. The van der Waals surface area contributed by atoms with Crippen LogP contribution in [0, 0.1) is 5.92 Å². The Kier molecular flexibility index (Phi) is 7.81. The SMILES string of the molecule is C1=c2sc3cccc(-c4ccc5c(c4)sc4cccc(-n6c7ccccc7c7ccccc76)c45)c3c2=CCC1C1NC(c2ccccc2)NC(c2ccccc2)N1. The summed E-state index contributed by atoms with van der Waals surface area (Å²) in [6.45, 7) is 0. The van der Waals surface area contributed by atoms with Crippen molar-refractivity contribution in [2.75, 3.05) is 0 Å². The zero-order chi connectivity index (χ0) is 37.5. The van der Waals surface area contributed by atoms with Crippen molar-refractivity contribution in [2.24, 2.45) is 5.92 Å². The Balaban J connectivity index is 0.939. The van der Waals surface area contributed by atoms with Crippen LogP contribution >= 0.6 is 22.7 Å². The van der Waals surface area contributed by atoms with Crippen molar-refractivity contribution < 1.29 is 0 Å². The van der Waals surface area contributed by atoms with Gasteiger partial charge in [-0.05, 0) is 70.3 Å². The molecule has 7 aromatic carbocycles. The van der Waals surface area contributed by atoms with E-state index >= 15 is 0 Å². The van der Waals surface area contributed by atoms with Gasteiger partial charge in [0.1, 0.15) is 0 Å². The number of para-hydroxylation sites is 2. The van der Waals surface area contributed by atoms with Gasteiger partial charge in [-0.15, -0.1) is 22.7 Å². The van der Waals surface area contributed by atoms with Gasteiger partial charge < -0.3 is 4.57 Å². The molecule has 0 saturated carbocycles. The molecule has 1 fully saturated rings. The van der Waals surface area contributed by atoms with Gasteiger partial charge in [-0.3, -0.25) is 16.0 Å². The largest absolute Gasteiger partial charge is 0.309 e. The van der Waals surface area contributed by atoms with Crippen molar-refractivity contribution in [1.82, 2.24) is 20.5 Å². The first-order valence-corrected chi connectivity index (χ1v) is 21.4. The summed E-state index contributed by atoms with van der Waals surface area (Å²) in [6.07, 6.45) is 6.15. The van der Waals surface area contributed by atoms with E-state index in [1.807, 2.05) is 22.7 Å². The number of nitrogens with one attached hydrogen (secondary N) is 3. The average Bonchev–Trinajstić information content (AvgIpc) is 3.96. The third-order valence-corrected chi connectivity index (χ3v) is 14.3. The van der Waals surface area contributed by atoms with Gasteiger partial charge in [-0.2, -0.15) is 0 Å². The third-order valence-electron chi connectivity index (χ3n) is 12.1. The fraction of sp³-hybridized carbons (Fsp3) is 0.0980. The molecule has 3 aromatic heterocycles. The molecule has 0 amide bonds. The topological polar surface area (TPSA) is 41.0 Å². The highest BCUT2D eigenvalue weighted by Crippen LogP contribution is 2.42. The Morgan fingerprint density at radius 1 is 0.509 bits per heavy atom. The number of thiophene rings is 2. The van der Waals surface area contributed by atoms with Crippen LogP contribution in [-0.4, -0.2) is 10.7 Å². The monoisotopic (exact) mass is 770 g/mol. The fourth-order valence-electron chi connectivity index (χ4n) is 9.44. The summed E-state index contributed by atoms with van der Waals surface area (Å²) in [7, 11) is 0. The Hall–Kier alpha value is -5.86. The number of hydrogen-bond acceptors (Lipinski definition) is 5. The lowest BCUT2D eigenvalue weighted by Crippen LogP contribution is -2.61. The van der Waals surface area contributed by atoms with E-state index < -0.39 is 0 Å². The molecular formula is C51H38N4S2. The van der Waals surface area contributed by atoms with E-state index in [4.69, 9.17) is 0 Å². The van der Waals surface area contributed by atoms with Crippen LogP contribution in [0.5, 0.6) is 0 Å². The molecule has 57 heavy (non-hydrogen) atoms. The van der Waals surface area contributed by atoms with Crippen LogP contribution in [0.3, 0.4) is 0 Å². The van der Waals surface area contributed by atoms with Gasteiger partial charge in [0, 0.05) is 51.5 Å². The van der Waals surface area contributed by atoms with Crippen LogP contribution in [0.4, 0.5) is 0 Å². The van der Waals surface area contributed by atoms with Crippen LogP contribution in [0.15, 0.2) is 164 Å². The zero-order valence-corrected chi connectivity index (χ0v) is 32.7. The molecule has 1 aliphatic carbocycles. The molecule has 0 spiro atoms. The highest BCUT2D eigenvalue weighted by atomic mass is 32.1. The smallest absolute Gasteiger partial charge is 0.0862 e. The molecule has 3 atom stereocenters. The van der Waals surface area contributed by atoms with Gasteiger partial charge in [0.25, 0.3) is 0 Å². The summed E-state index contributed by atoms with van der Waals surface area (Å²) >= 11 is 3.82. The highest BCUT2D eigenvalue weighted by Gasteiger charge is 2.33. The molecule has 3 N–H and O–H groups in total. The van der Waals surface area contributed by atoms with Crippen LogP contribution in [0.1, 0.15) is 29.9 Å². The second kappa shape index (κ2) is 13.4. The van der Waals surface area contributed by atoms with Gasteiger partial charge in [-0.25, -0.2) is 0 Å². The maximum absolute atomic E-state index is 3.93. The first kappa shape index (κ1) is 33.3. The summed E-state index contributed by atoms with van der Waals surface area (Å²) in [6, 6.07) is 59.9. The second-order valence-corrected chi connectivity index (χ2v) is 17.5. The first-order chi connectivity index (χ1) is 28.2. The first-order valence-electron chi connectivity index (χ1n) is 19.8. The van der Waals surface area contributed by atoms with Crippen molar-refractivity contribution in [3.05, 3.63) is 185 Å². The molecule has 4 nitrogen and oxygen atoms in total. The predicted octanol–water partition coefficient (Wildman–Crippen LogP) is 11.1. The van der Waals surface area contributed by atoms with Crippen molar-refractivity contribution in [3.8, 4) is 16.8 Å². The lowest BCUT2D eigenvalue weighted by atomic mass is 9.93. The molecule has 6 heteroatoms. The van der Waals surface area contributed by atoms with Crippen LogP contribution in [0.25, 0.3) is 81.0 Å². The summed E-state index contributed by atoms with van der Waals surface area (Å²) in [5.41, 5.74) is 8.79. The van der Waals surface area contributed by atoms with E-state index in [1.165, 1.54) is 89.8 Å². The lowest BCUT2D eigenvalue weighted by Gasteiger charge is -2.42. The molecule has 274 valence electrons. The van der Waals surface area contributed by atoms with Gasteiger partial charge in [-0.1, -0.05) is 140 Å². The number of benzene rings is 7. The Labute approximate surface area is 338 Å². The van der Waals surface area contributed by atoms with E-state index in [0.29, 0.717) is 5.92 Å². The number of nitrogens with zero attached hydrogens (tertiary/aromatic N) is 1. The minimum Gasteiger partial charge on any atom is -0.309 e. The summed E-state index contributed by atoms with van der Waals surface area (Å²) < 4.78 is 7.79. The number of hydrogen-bond donors (Lipinski definition) is 3. The van der Waals surface area contributed by atoms with Gasteiger partial charge in [0.05, 0.1) is 35.2 Å². The van der Waals surface area contributed by atoms with Crippen molar-refractivity contribution in [3.63, 3.8) is 0 Å². The van der Waals surface area contributed by atoms with Crippen LogP contribution in [0.2, 0.25) is 0 Å². The summed E-state index contributed by atoms with van der Waals surface area (Å²) in [4.78, 5) is 0. The Morgan fingerprint density at radius 2 is 1.14 bits per heavy atom. The second-order valence-electron chi connectivity index (χ2n) is 15.3. The quantitative estimate of drug-likeness (QED) is 0.163. The van der Waals surface area contributed by atoms with Crippen LogP contribution < -0.4 is 25.7 Å². The fourth-order valence-corrected chi connectivity index (χ4v) is 11.9. The number of rotatable bonds is 5. The van der Waals surface area contributed by atoms with Crippen molar-refractivity contribution in [1.29, 1.82) is 0 Å². The summed E-state index contributed by atoms with van der Waals surface area (Å²) in [5, 5.41) is 19.6. The molecular weight excluding hydrogens is 733 g/mol. The van der Waals surface area contributed by atoms with E-state index in [-0.39, 0.29) is 18.5 Å². The van der Waals surface area contributed by atoms with E-state index in [0.717, 1.165) is 6.42 Å². The Bertz CT molecular complexity index is 3190. The standard InChI is InChI=1S/C51H38N4S2/c1-3-13-31(14-4-1)49-52-50(32-15-5-2-6-16-32)54-51(53-49)34-26-28-38-46(30-34)56-43-23-11-19-35(47(38)43)33-25-27-39-45(29-33)57-44-24-12-22-42(48(39)44)55-40-20-9-7-17-36(40)37-18-8-10-21-41(37)55/h1-25,27-30,34,49-54H,26H2. The molecule has 0 bridgehead atoms. The minimum atomic E-state index is 0.0355. The number of aromatic nitrogens is 1. The molecule has 1 saturated heterocycles. The molecule has 12 rings (SSSR count). The molecule has 0 radical (unpaired) electrons. The maximum Gasteiger partial charge on any atom is 0.0862 e. The maximum atomic E-state index is 3.93. The average molecular weight is 771 g/mol. The van der Waals surface area contributed by atoms with E-state index in [1.54, 1.807) is 0 Å². The molecule has 10 aromatic rings. The van der Waals surface area contributed by atoms with Crippen molar-refractivity contribution >= 4 is 86.9 Å². The molecule has 1 aliphatic heterocycles. The normalized spacial score (nSPS) is 19.6. The minimum absolute atomic E-state index is 0.0355. The number of fused-ring (bicyclic) bond motifs is 9. The zero-order valence-electron chi connectivity index (χ0n) is 31.0. The summed E-state index contributed by atoms with van der Waals surface area (Å²) in [5.74, 6) is 0.298.